The number of rotatable bonds is 10. The highest BCUT2D eigenvalue weighted by Crippen LogP contribution is 2.39. The first-order chi connectivity index (χ1) is 25.2. The molecule has 6 aromatic rings. The van der Waals surface area contributed by atoms with Crippen LogP contribution in [0.1, 0.15) is 68.6 Å². The van der Waals surface area contributed by atoms with Crippen molar-refractivity contribution in [1.82, 2.24) is 4.57 Å². The Kier molecular flexibility index (Phi) is 9.40. The minimum absolute atomic E-state index is 1.05. The Morgan fingerprint density at radius 2 is 1.49 bits per heavy atom. The highest BCUT2D eigenvalue weighted by molar-refractivity contribution is 6.10. The fourth-order valence-electron chi connectivity index (χ4n) is 7.77. The molecule has 0 aliphatic heterocycles. The lowest BCUT2D eigenvalue weighted by molar-refractivity contribution is 0.822. The first-order valence-electron chi connectivity index (χ1n) is 18.7. The van der Waals surface area contributed by atoms with Crippen LogP contribution in [-0.2, 0) is 0 Å². The second kappa shape index (κ2) is 14.7. The zero-order chi connectivity index (χ0) is 34.6. The molecule has 0 amide bonds. The van der Waals surface area contributed by atoms with Crippen LogP contribution in [0, 0.1) is 0 Å². The standard InChI is InChI=1S/C49H46N2/c1-3-4-16-42(38-27-25-37(26-28-38)36-17-8-5-9-18-36)35-50(2)47-31-29-40(33-45(47)39-19-10-6-11-20-39)41-30-32-49-46(34-41)44-23-14-15-24-48(44)51(49)43-21-12-7-13-22-43/h5,7-8,10,12-15,17,19-35H,3-4,6,9,11,16,18H2,1-2H3/b42-35+. The monoisotopic (exact) mass is 662 g/mol. The molecule has 8 rings (SSSR count). The second-order valence-corrected chi connectivity index (χ2v) is 13.9. The van der Waals surface area contributed by atoms with E-state index in [9.17, 15) is 0 Å². The van der Waals surface area contributed by atoms with Gasteiger partial charge in [0.2, 0.25) is 0 Å². The number of fused-ring (bicyclic) bond motifs is 3. The van der Waals surface area contributed by atoms with E-state index in [0.717, 1.165) is 32.1 Å². The number of anilines is 1. The van der Waals surface area contributed by atoms with Gasteiger partial charge in [0.05, 0.1) is 11.0 Å². The second-order valence-electron chi connectivity index (χ2n) is 13.9. The number of hydrogen-bond acceptors (Lipinski definition) is 1. The van der Waals surface area contributed by atoms with Crippen molar-refractivity contribution < 1.29 is 0 Å². The van der Waals surface area contributed by atoms with Gasteiger partial charge < -0.3 is 9.47 Å². The summed E-state index contributed by atoms with van der Waals surface area (Å²) in [5.41, 5.74) is 15.4. The average Bonchev–Trinajstić information content (AvgIpc) is 3.54. The molecule has 0 spiro atoms. The number of para-hydroxylation sites is 2. The molecule has 2 aliphatic rings. The number of aromatic nitrogens is 1. The van der Waals surface area contributed by atoms with Crippen LogP contribution in [0.2, 0.25) is 0 Å². The fraction of sp³-hybridized carbons (Fsp3) is 0.184. The topological polar surface area (TPSA) is 8.17 Å². The van der Waals surface area contributed by atoms with Crippen molar-refractivity contribution in [3.05, 3.63) is 175 Å². The Balaban J connectivity index is 1.19. The maximum Gasteiger partial charge on any atom is 0.0541 e. The summed E-state index contributed by atoms with van der Waals surface area (Å²) in [5, 5.41) is 2.55. The van der Waals surface area contributed by atoms with Gasteiger partial charge in [0.1, 0.15) is 0 Å². The van der Waals surface area contributed by atoms with Crippen molar-refractivity contribution in [2.24, 2.45) is 0 Å². The molecular weight excluding hydrogens is 617 g/mol. The fourth-order valence-corrected chi connectivity index (χ4v) is 7.77. The zero-order valence-electron chi connectivity index (χ0n) is 29.9. The van der Waals surface area contributed by atoms with Crippen LogP contribution in [0.15, 0.2) is 158 Å². The molecule has 0 radical (unpaired) electrons. The van der Waals surface area contributed by atoms with Crippen molar-refractivity contribution >= 4 is 44.2 Å². The normalized spacial score (nSPS) is 14.6. The molecule has 5 aromatic carbocycles. The Bertz CT molecular complexity index is 2340. The molecule has 252 valence electrons. The molecule has 0 atom stereocenters. The Morgan fingerprint density at radius 1 is 0.725 bits per heavy atom. The maximum absolute atomic E-state index is 2.41. The van der Waals surface area contributed by atoms with Gasteiger partial charge >= 0.3 is 0 Å². The average molecular weight is 663 g/mol. The predicted octanol–water partition coefficient (Wildman–Crippen LogP) is 13.6. The molecule has 2 heteroatoms. The van der Waals surface area contributed by atoms with Gasteiger partial charge in [-0.05, 0) is 120 Å². The summed E-state index contributed by atoms with van der Waals surface area (Å²) < 4.78 is 2.39. The molecule has 1 aromatic heterocycles. The zero-order valence-corrected chi connectivity index (χ0v) is 29.9. The molecule has 1 heterocycles. The summed E-state index contributed by atoms with van der Waals surface area (Å²) >= 11 is 0. The van der Waals surface area contributed by atoms with Gasteiger partial charge in [0.25, 0.3) is 0 Å². The lowest BCUT2D eigenvalue weighted by atomic mass is 9.93. The summed E-state index contributed by atoms with van der Waals surface area (Å²) in [5.74, 6) is 0. The van der Waals surface area contributed by atoms with Crippen LogP contribution in [-0.4, -0.2) is 11.6 Å². The van der Waals surface area contributed by atoms with E-state index in [-0.39, 0.29) is 0 Å². The smallest absolute Gasteiger partial charge is 0.0541 e. The maximum atomic E-state index is 2.41. The van der Waals surface area contributed by atoms with Gasteiger partial charge in [0, 0.05) is 41.0 Å². The molecule has 0 bridgehead atoms. The Hall–Kier alpha value is -5.60. The van der Waals surface area contributed by atoms with E-state index in [1.165, 1.54) is 90.6 Å². The van der Waals surface area contributed by atoms with Crippen molar-refractivity contribution in [3.63, 3.8) is 0 Å². The molecule has 0 N–H and O–H groups in total. The summed E-state index contributed by atoms with van der Waals surface area (Å²) in [6.45, 7) is 2.28. The summed E-state index contributed by atoms with van der Waals surface area (Å²) in [6, 6.07) is 42.8. The third-order valence-corrected chi connectivity index (χ3v) is 10.5. The molecule has 2 nitrogen and oxygen atoms in total. The Labute approximate surface area is 303 Å². The van der Waals surface area contributed by atoms with Crippen LogP contribution in [0.3, 0.4) is 0 Å². The van der Waals surface area contributed by atoms with Crippen molar-refractivity contribution in [1.29, 1.82) is 0 Å². The van der Waals surface area contributed by atoms with Crippen LogP contribution in [0.25, 0.3) is 55.3 Å². The summed E-state index contributed by atoms with van der Waals surface area (Å²) in [7, 11) is 2.22. The van der Waals surface area contributed by atoms with Gasteiger partial charge in [-0.2, -0.15) is 0 Å². The molecule has 0 fully saturated rings. The van der Waals surface area contributed by atoms with E-state index in [4.69, 9.17) is 0 Å². The highest BCUT2D eigenvalue weighted by atomic mass is 15.1. The molecule has 0 saturated heterocycles. The first kappa shape index (κ1) is 32.6. The largest absolute Gasteiger partial charge is 0.350 e. The van der Waals surface area contributed by atoms with Crippen molar-refractivity contribution in [2.75, 3.05) is 11.9 Å². The third-order valence-electron chi connectivity index (χ3n) is 10.5. The van der Waals surface area contributed by atoms with Gasteiger partial charge in [-0.25, -0.2) is 0 Å². The first-order valence-corrected chi connectivity index (χ1v) is 18.7. The lowest BCUT2D eigenvalue weighted by Gasteiger charge is -2.23. The summed E-state index contributed by atoms with van der Waals surface area (Å²) in [4.78, 5) is 2.35. The minimum Gasteiger partial charge on any atom is -0.350 e. The molecular formula is C49H46N2. The van der Waals surface area contributed by atoms with Crippen LogP contribution >= 0.6 is 0 Å². The van der Waals surface area contributed by atoms with E-state index in [1.54, 1.807) is 0 Å². The molecule has 0 unspecified atom stereocenters. The number of unbranched alkanes of at least 4 members (excludes halogenated alkanes) is 1. The number of allylic oxidation sites excluding steroid dienone is 9. The van der Waals surface area contributed by atoms with E-state index in [0.29, 0.717) is 0 Å². The van der Waals surface area contributed by atoms with Gasteiger partial charge in [-0.1, -0.05) is 123 Å². The minimum atomic E-state index is 1.05. The van der Waals surface area contributed by atoms with Gasteiger partial charge in [-0.3, -0.25) is 0 Å². The van der Waals surface area contributed by atoms with E-state index in [1.807, 2.05) is 0 Å². The van der Waals surface area contributed by atoms with Crippen LogP contribution in [0.4, 0.5) is 5.69 Å². The van der Waals surface area contributed by atoms with Gasteiger partial charge in [0.15, 0.2) is 0 Å². The number of hydrogen-bond donors (Lipinski definition) is 0. The lowest BCUT2D eigenvalue weighted by Crippen LogP contribution is -2.12. The predicted molar refractivity (Wildman–Crippen MR) is 221 cm³/mol. The number of nitrogens with zero attached hydrogens (tertiary/aromatic N) is 2. The van der Waals surface area contributed by atoms with Gasteiger partial charge in [-0.15, -0.1) is 0 Å². The Morgan fingerprint density at radius 3 is 2.27 bits per heavy atom. The molecule has 51 heavy (non-hydrogen) atoms. The van der Waals surface area contributed by atoms with Crippen LogP contribution < -0.4 is 4.90 Å². The van der Waals surface area contributed by atoms with E-state index < -0.39 is 0 Å². The third kappa shape index (κ3) is 6.67. The molecule has 0 saturated carbocycles. The quantitative estimate of drug-likeness (QED) is 0.142. The highest BCUT2D eigenvalue weighted by Gasteiger charge is 2.17. The van der Waals surface area contributed by atoms with E-state index in [2.05, 4.69) is 181 Å². The number of benzene rings is 5. The SMILES string of the molecule is CCCC/C(=C\N(C)c1ccc(-c2ccc3c(c2)c2ccccc2n3-c2ccccc2)cc1C1=CCCC=C1)c1ccc(C2=CC=CCC2)cc1. The van der Waals surface area contributed by atoms with Crippen molar-refractivity contribution in [2.45, 2.75) is 51.9 Å². The van der Waals surface area contributed by atoms with E-state index >= 15 is 0 Å². The van der Waals surface area contributed by atoms with Crippen molar-refractivity contribution in [3.8, 4) is 16.8 Å². The summed E-state index contributed by atoms with van der Waals surface area (Å²) in [6.07, 6.45) is 23.9. The van der Waals surface area contributed by atoms with Crippen LogP contribution in [0.5, 0.6) is 0 Å². The molecule has 2 aliphatic carbocycles.